The Labute approximate surface area is 187 Å². The highest BCUT2D eigenvalue weighted by Crippen LogP contribution is 2.55. The van der Waals surface area contributed by atoms with Crippen LogP contribution in [0.3, 0.4) is 0 Å². The van der Waals surface area contributed by atoms with Crippen molar-refractivity contribution in [1.29, 1.82) is 0 Å². The first-order valence-corrected chi connectivity index (χ1v) is 11.3. The Kier molecular flexibility index (Phi) is 5.04. The largest absolute Gasteiger partial charge is 0.497 e. The number of nitrogens with zero attached hydrogens (tertiary/aromatic N) is 1. The van der Waals surface area contributed by atoms with E-state index in [2.05, 4.69) is 18.8 Å². The summed E-state index contributed by atoms with van der Waals surface area (Å²) in [6.45, 7) is 6.35. The number of aromatic nitrogens is 1. The average molecular weight is 439 g/mol. The molecule has 1 aromatic heterocycles. The van der Waals surface area contributed by atoms with E-state index in [1.54, 1.807) is 13.2 Å². The number of hydrogen-bond acceptors (Lipinski definition) is 5. The molecule has 2 saturated heterocycles. The van der Waals surface area contributed by atoms with Gasteiger partial charge in [0.15, 0.2) is 0 Å². The number of pyridine rings is 1. The molecule has 1 amide bonds. The topological polar surface area (TPSA) is 80.9 Å². The van der Waals surface area contributed by atoms with Gasteiger partial charge in [0, 0.05) is 36.8 Å². The third kappa shape index (κ3) is 3.58. The van der Waals surface area contributed by atoms with Crippen LogP contribution in [0, 0.1) is 11.3 Å². The number of carbonyl (C=O) groups excluding carboxylic acids is 1. The molecule has 170 valence electrons. The molecule has 1 spiro atoms. The van der Waals surface area contributed by atoms with Gasteiger partial charge in [0.05, 0.1) is 25.4 Å². The van der Waals surface area contributed by atoms with Crippen molar-refractivity contribution >= 4 is 5.91 Å². The lowest BCUT2D eigenvalue weighted by Gasteiger charge is -2.54. The number of carbonyl (C=O) groups is 1. The zero-order chi connectivity index (χ0) is 22.5. The molecule has 3 aliphatic heterocycles. The van der Waals surface area contributed by atoms with Crippen molar-refractivity contribution in [2.45, 2.75) is 44.8 Å². The Bertz CT molecular complexity index is 1060. The molecular formula is C25H30N2O5. The monoisotopic (exact) mass is 438 g/mol. The lowest BCUT2D eigenvalue weighted by molar-refractivity contribution is -0.173. The summed E-state index contributed by atoms with van der Waals surface area (Å²) in [6.07, 6.45) is 4.27. The number of benzene rings is 1. The van der Waals surface area contributed by atoms with Crippen molar-refractivity contribution < 1.29 is 19.0 Å². The van der Waals surface area contributed by atoms with Crippen molar-refractivity contribution in [3.05, 3.63) is 58.0 Å². The van der Waals surface area contributed by atoms with Crippen LogP contribution >= 0.6 is 0 Å². The maximum absolute atomic E-state index is 12.9. The molecule has 32 heavy (non-hydrogen) atoms. The number of H-pyrrole nitrogens is 1. The van der Waals surface area contributed by atoms with Crippen LogP contribution in [0.2, 0.25) is 0 Å². The molecule has 2 atom stereocenters. The molecule has 7 nitrogen and oxygen atoms in total. The first-order valence-electron chi connectivity index (χ1n) is 11.3. The second-order valence-corrected chi connectivity index (χ2v) is 9.89. The highest BCUT2D eigenvalue weighted by Gasteiger charge is 2.53. The van der Waals surface area contributed by atoms with E-state index >= 15 is 0 Å². The van der Waals surface area contributed by atoms with Gasteiger partial charge in [-0.15, -0.1) is 0 Å². The maximum atomic E-state index is 12.9. The lowest BCUT2D eigenvalue weighted by atomic mass is 9.64. The number of likely N-dealkylation sites (tertiary alicyclic amines) is 1. The van der Waals surface area contributed by atoms with E-state index in [4.69, 9.17) is 14.2 Å². The molecule has 0 unspecified atom stereocenters. The average Bonchev–Trinajstić information content (AvgIpc) is 2.79. The molecule has 3 aliphatic rings. The smallest absolute Gasteiger partial charge is 0.255 e. The van der Waals surface area contributed by atoms with Gasteiger partial charge in [0.25, 0.3) is 5.91 Å². The quantitative estimate of drug-likeness (QED) is 0.776. The molecule has 0 aliphatic carbocycles. The van der Waals surface area contributed by atoms with Gasteiger partial charge < -0.3 is 24.1 Å². The minimum Gasteiger partial charge on any atom is -0.497 e. The van der Waals surface area contributed by atoms with E-state index in [1.165, 1.54) is 12.3 Å². The van der Waals surface area contributed by atoms with Gasteiger partial charge in [-0.1, -0.05) is 0 Å². The van der Waals surface area contributed by atoms with Gasteiger partial charge in [-0.05, 0) is 62.8 Å². The zero-order valence-corrected chi connectivity index (χ0v) is 18.8. The number of ether oxygens (including phenoxy) is 3. The van der Waals surface area contributed by atoms with Crippen LogP contribution in [0.25, 0.3) is 0 Å². The van der Waals surface area contributed by atoms with E-state index < -0.39 is 0 Å². The summed E-state index contributed by atoms with van der Waals surface area (Å²) in [6, 6.07) is 8.92. The minimum atomic E-state index is -0.345. The summed E-state index contributed by atoms with van der Waals surface area (Å²) in [5, 5.41) is 0. The molecule has 4 heterocycles. The van der Waals surface area contributed by atoms with Crippen LogP contribution in [-0.2, 0) is 4.74 Å². The summed E-state index contributed by atoms with van der Waals surface area (Å²) in [5.74, 6) is 1.86. The Morgan fingerprint density at radius 2 is 1.97 bits per heavy atom. The van der Waals surface area contributed by atoms with Crippen LogP contribution in [-0.4, -0.2) is 48.2 Å². The molecule has 5 rings (SSSR count). The SMILES string of the molecule is COc1ccc2c(c1)[C@H]1OCC3(CCN(C(=O)c4ccc(=O)[nH]c4)CC3)C[C@@H]1C(C)(C)O2. The lowest BCUT2D eigenvalue weighted by Crippen LogP contribution is -2.54. The summed E-state index contributed by atoms with van der Waals surface area (Å²) in [7, 11) is 1.67. The van der Waals surface area contributed by atoms with E-state index in [1.807, 2.05) is 23.1 Å². The summed E-state index contributed by atoms with van der Waals surface area (Å²) >= 11 is 0. The third-order valence-corrected chi connectivity index (χ3v) is 7.52. The fourth-order valence-electron chi connectivity index (χ4n) is 5.52. The van der Waals surface area contributed by atoms with Crippen LogP contribution < -0.4 is 15.0 Å². The predicted molar refractivity (Wildman–Crippen MR) is 119 cm³/mol. The third-order valence-electron chi connectivity index (χ3n) is 7.52. The number of methoxy groups -OCH3 is 1. The van der Waals surface area contributed by atoms with Crippen molar-refractivity contribution in [2.24, 2.45) is 11.3 Å². The molecule has 0 saturated carbocycles. The Hall–Kier alpha value is -2.80. The molecule has 7 heteroatoms. The second-order valence-electron chi connectivity index (χ2n) is 9.89. The first kappa shape index (κ1) is 21.1. The van der Waals surface area contributed by atoms with E-state index in [-0.39, 0.29) is 34.5 Å². The fraction of sp³-hybridized carbons (Fsp3) is 0.520. The number of fused-ring (bicyclic) bond motifs is 3. The van der Waals surface area contributed by atoms with Gasteiger partial charge >= 0.3 is 0 Å². The number of rotatable bonds is 2. The van der Waals surface area contributed by atoms with Gasteiger partial charge in [-0.25, -0.2) is 0 Å². The van der Waals surface area contributed by atoms with E-state index in [0.29, 0.717) is 25.3 Å². The van der Waals surface area contributed by atoms with Crippen molar-refractivity contribution in [3.63, 3.8) is 0 Å². The molecule has 0 radical (unpaired) electrons. The van der Waals surface area contributed by atoms with E-state index in [0.717, 1.165) is 36.3 Å². The number of piperidine rings is 1. The van der Waals surface area contributed by atoms with Crippen LogP contribution in [0.4, 0.5) is 0 Å². The normalized spacial score (nSPS) is 25.4. The van der Waals surface area contributed by atoms with Gasteiger partial charge in [0.1, 0.15) is 17.1 Å². The molecule has 2 fully saturated rings. The highest BCUT2D eigenvalue weighted by atomic mass is 16.5. The molecule has 2 aromatic rings. The van der Waals surface area contributed by atoms with Crippen LogP contribution in [0.5, 0.6) is 11.5 Å². The second kappa shape index (κ2) is 7.66. The molecule has 1 N–H and O–H groups in total. The Morgan fingerprint density at radius 1 is 1.19 bits per heavy atom. The summed E-state index contributed by atoms with van der Waals surface area (Å²) in [4.78, 5) is 28.6. The molecule has 1 aromatic carbocycles. The van der Waals surface area contributed by atoms with E-state index in [9.17, 15) is 9.59 Å². The molecular weight excluding hydrogens is 408 g/mol. The van der Waals surface area contributed by atoms with Gasteiger partial charge in [-0.2, -0.15) is 0 Å². The Balaban J connectivity index is 1.32. The zero-order valence-electron chi connectivity index (χ0n) is 18.8. The number of amides is 1. The maximum Gasteiger partial charge on any atom is 0.255 e. The van der Waals surface area contributed by atoms with Crippen molar-refractivity contribution in [3.8, 4) is 11.5 Å². The predicted octanol–water partition coefficient (Wildman–Crippen LogP) is 3.55. The first-order chi connectivity index (χ1) is 15.3. The van der Waals surface area contributed by atoms with Crippen molar-refractivity contribution in [1.82, 2.24) is 9.88 Å². The van der Waals surface area contributed by atoms with Crippen molar-refractivity contribution in [2.75, 3.05) is 26.8 Å². The Morgan fingerprint density at radius 3 is 2.66 bits per heavy atom. The van der Waals surface area contributed by atoms with Gasteiger partial charge in [-0.3, -0.25) is 9.59 Å². The highest BCUT2D eigenvalue weighted by molar-refractivity contribution is 5.93. The minimum absolute atomic E-state index is 0.0183. The van der Waals surface area contributed by atoms with Crippen LogP contribution in [0.15, 0.2) is 41.3 Å². The summed E-state index contributed by atoms with van der Waals surface area (Å²) < 4.78 is 18.4. The molecule has 0 bridgehead atoms. The number of aromatic amines is 1. The summed E-state index contributed by atoms with van der Waals surface area (Å²) in [5.41, 5.74) is 1.08. The number of hydrogen-bond donors (Lipinski definition) is 1. The number of nitrogens with one attached hydrogen (secondary N) is 1. The fourth-order valence-corrected chi connectivity index (χ4v) is 5.52. The standard InChI is InChI=1S/C25H30N2O5/c1-24(2)19-13-25(15-31-22(19)18-12-17(30-3)5-6-20(18)32-24)8-10-27(11-9-25)23(29)16-4-7-21(28)26-14-16/h4-7,12,14,19,22H,8-11,13,15H2,1-3H3,(H,26,28)/t19-,22+/m0/s1. The van der Waals surface area contributed by atoms with Crippen LogP contribution in [0.1, 0.15) is 55.1 Å². The van der Waals surface area contributed by atoms with Gasteiger partial charge in [0.2, 0.25) is 5.56 Å².